The number of nitrogens with zero attached hydrogens (tertiary/aromatic N) is 5. The molecule has 11 heteroatoms. The highest BCUT2D eigenvalue weighted by molar-refractivity contribution is 6.34. The van der Waals surface area contributed by atoms with Crippen LogP contribution in [0.2, 0.25) is 5.15 Å². The molecule has 1 aliphatic heterocycles. The van der Waals surface area contributed by atoms with Gasteiger partial charge in [-0.1, -0.05) is 11.6 Å². The molecule has 0 aromatic carbocycles. The summed E-state index contributed by atoms with van der Waals surface area (Å²) < 4.78 is 40.0. The number of aromatic nitrogens is 5. The van der Waals surface area contributed by atoms with Crippen LogP contribution in [-0.2, 0) is 6.18 Å². The lowest BCUT2D eigenvalue weighted by Crippen LogP contribution is -2.44. The molecule has 170 valence electrons. The summed E-state index contributed by atoms with van der Waals surface area (Å²) in [4.78, 5) is 22.6. The number of rotatable bonds is 3. The van der Waals surface area contributed by atoms with Gasteiger partial charge in [0.05, 0.1) is 5.39 Å². The molecule has 5 heterocycles. The van der Waals surface area contributed by atoms with E-state index in [1.807, 2.05) is 6.20 Å². The van der Waals surface area contributed by atoms with E-state index >= 15 is 0 Å². The molecule has 4 aromatic heterocycles. The molecule has 0 amide bonds. The highest BCUT2D eigenvalue weighted by Gasteiger charge is 2.34. The Bertz CT molecular complexity index is 1370. The van der Waals surface area contributed by atoms with E-state index in [0.29, 0.717) is 28.2 Å². The lowest BCUT2D eigenvalue weighted by molar-refractivity contribution is -0.140. The smallest absolute Gasteiger partial charge is 0.353 e. The zero-order chi connectivity index (χ0) is 22.7. The van der Waals surface area contributed by atoms with Crippen molar-refractivity contribution >= 4 is 39.4 Å². The van der Waals surface area contributed by atoms with E-state index in [4.69, 9.17) is 21.6 Å². The van der Waals surface area contributed by atoms with Crippen LogP contribution in [0.1, 0.15) is 30.0 Å². The fourth-order valence-electron chi connectivity index (χ4n) is 4.42. The zero-order valence-electron chi connectivity index (χ0n) is 17.4. The van der Waals surface area contributed by atoms with Crippen molar-refractivity contribution in [3.05, 3.63) is 40.9 Å². The topological polar surface area (TPSA) is 82.6 Å². The van der Waals surface area contributed by atoms with E-state index in [0.717, 1.165) is 61.9 Å². The van der Waals surface area contributed by atoms with Crippen molar-refractivity contribution in [1.82, 2.24) is 30.2 Å². The van der Waals surface area contributed by atoms with E-state index in [9.17, 15) is 13.2 Å². The molecule has 7 nitrogen and oxygen atoms in total. The molecule has 4 aromatic rings. The second-order valence-corrected chi connectivity index (χ2v) is 8.77. The third kappa shape index (κ3) is 3.57. The molecular weight excluding hydrogens is 455 g/mol. The Morgan fingerprint density at radius 1 is 1.09 bits per heavy atom. The molecule has 1 aliphatic carbocycles. The molecule has 33 heavy (non-hydrogen) atoms. The first-order chi connectivity index (χ1) is 15.9. The van der Waals surface area contributed by atoms with Crippen molar-refractivity contribution in [3.63, 3.8) is 0 Å². The average molecular weight is 474 g/mol. The second-order valence-electron chi connectivity index (χ2n) is 8.41. The van der Waals surface area contributed by atoms with E-state index < -0.39 is 11.9 Å². The van der Waals surface area contributed by atoms with Crippen LogP contribution < -0.4 is 10.2 Å². The quantitative estimate of drug-likeness (QED) is 0.425. The number of fused-ring (bicyclic) bond motifs is 2. The summed E-state index contributed by atoms with van der Waals surface area (Å²) in [5, 5.41) is 4.78. The number of anilines is 1. The minimum Gasteiger partial charge on any atom is -0.353 e. The summed E-state index contributed by atoms with van der Waals surface area (Å²) in [5.41, 5.74) is 1.32. The Morgan fingerprint density at radius 3 is 2.61 bits per heavy atom. The van der Waals surface area contributed by atoms with Gasteiger partial charge < -0.3 is 15.2 Å². The highest BCUT2D eigenvalue weighted by Crippen LogP contribution is 2.46. The first-order valence-electron chi connectivity index (χ1n) is 10.8. The van der Waals surface area contributed by atoms with Gasteiger partial charge in [-0.25, -0.2) is 19.9 Å². The largest absolute Gasteiger partial charge is 0.431 e. The number of H-pyrrole nitrogens is 1. The molecule has 0 radical (unpaired) electrons. The van der Waals surface area contributed by atoms with Gasteiger partial charge in [-0.2, -0.15) is 13.2 Å². The summed E-state index contributed by atoms with van der Waals surface area (Å²) in [6.45, 7) is 3.13. The number of piperazine rings is 1. The van der Waals surface area contributed by atoms with Crippen LogP contribution in [0.5, 0.6) is 0 Å². The monoisotopic (exact) mass is 473 g/mol. The van der Waals surface area contributed by atoms with E-state index in [2.05, 4.69) is 25.2 Å². The minimum atomic E-state index is -4.51. The fraction of sp³-hybridized carbons (Fsp3) is 0.364. The Labute approximate surface area is 191 Å². The van der Waals surface area contributed by atoms with E-state index in [-0.39, 0.29) is 10.8 Å². The van der Waals surface area contributed by atoms with Gasteiger partial charge in [0, 0.05) is 49.5 Å². The molecule has 1 saturated heterocycles. The van der Waals surface area contributed by atoms with Crippen LogP contribution >= 0.6 is 11.6 Å². The Kier molecular flexibility index (Phi) is 4.70. The SMILES string of the molecule is FC(F)(F)c1cc2c(-c3nc(N4CCNCC4)c4c(C5CC5)cnc(Cl)c4n3)ccnc2[nH]1. The predicted octanol–water partition coefficient (Wildman–Crippen LogP) is 4.53. The first-order valence-corrected chi connectivity index (χ1v) is 11.1. The van der Waals surface area contributed by atoms with Crippen LogP contribution in [0.4, 0.5) is 19.0 Å². The maximum absolute atomic E-state index is 13.3. The van der Waals surface area contributed by atoms with Crippen molar-refractivity contribution in [3.8, 4) is 11.4 Å². The van der Waals surface area contributed by atoms with Gasteiger partial charge in [0.2, 0.25) is 0 Å². The lowest BCUT2D eigenvalue weighted by Gasteiger charge is -2.30. The Morgan fingerprint density at radius 2 is 1.88 bits per heavy atom. The Hall–Kier alpha value is -2.98. The van der Waals surface area contributed by atoms with E-state index in [1.165, 1.54) is 6.20 Å². The number of hydrogen-bond donors (Lipinski definition) is 2. The molecule has 0 bridgehead atoms. The predicted molar refractivity (Wildman–Crippen MR) is 119 cm³/mol. The number of halogens is 4. The first kappa shape index (κ1) is 20.6. The van der Waals surface area contributed by atoms with Crippen LogP contribution in [-0.4, -0.2) is 51.1 Å². The van der Waals surface area contributed by atoms with Crippen molar-refractivity contribution < 1.29 is 13.2 Å². The lowest BCUT2D eigenvalue weighted by atomic mass is 10.1. The molecule has 0 spiro atoms. The number of pyridine rings is 2. The average Bonchev–Trinajstić information content (AvgIpc) is 3.55. The van der Waals surface area contributed by atoms with Gasteiger partial charge in [0.1, 0.15) is 22.7 Å². The third-order valence-corrected chi connectivity index (χ3v) is 6.48. The van der Waals surface area contributed by atoms with Gasteiger partial charge in [0.25, 0.3) is 0 Å². The van der Waals surface area contributed by atoms with Crippen LogP contribution in [0, 0.1) is 0 Å². The van der Waals surface area contributed by atoms with Gasteiger partial charge >= 0.3 is 6.18 Å². The summed E-state index contributed by atoms with van der Waals surface area (Å²) in [6, 6.07) is 2.68. The molecule has 1 saturated carbocycles. The zero-order valence-corrected chi connectivity index (χ0v) is 18.1. The molecule has 2 aliphatic rings. The van der Waals surface area contributed by atoms with Gasteiger partial charge in [-0.05, 0) is 36.5 Å². The summed E-state index contributed by atoms with van der Waals surface area (Å²) in [6.07, 6.45) is 0.905. The van der Waals surface area contributed by atoms with Crippen molar-refractivity contribution in [2.45, 2.75) is 24.9 Å². The van der Waals surface area contributed by atoms with Crippen molar-refractivity contribution in [2.24, 2.45) is 0 Å². The molecule has 2 fully saturated rings. The van der Waals surface area contributed by atoms with Gasteiger partial charge in [-0.15, -0.1) is 0 Å². The number of aromatic amines is 1. The second kappa shape index (κ2) is 7.53. The maximum Gasteiger partial charge on any atom is 0.431 e. The Balaban J connectivity index is 1.61. The summed E-state index contributed by atoms with van der Waals surface area (Å²) in [5.74, 6) is 1.45. The molecule has 0 atom stereocenters. The normalized spacial score (nSPS) is 17.3. The van der Waals surface area contributed by atoms with Crippen molar-refractivity contribution in [1.29, 1.82) is 0 Å². The molecular formula is C22H19ClF3N7. The van der Waals surface area contributed by atoms with Crippen LogP contribution in [0.3, 0.4) is 0 Å². The van der Waals surface area contributed by atoms with Crippen LogP contribution in [0.15, 0.2) is 24.5 Å². The number of nitrogens with one attached hydrogen (secondary N) is 2. The summed E-state index contributed by atoms with van der Waals surface area (Å²) >= 11 is 6.51. The van der Waals surface area contributed by atoms with Gasteiger partial charge in [0.15, 0.2) is 11.0 Å². The van der Waals surface area contributed by atoms with Crippen LogP contribution in [0.25, 0.3) is 33.3 Å². The number of hydrogen-bond acceptors (Lipinski definition) is 6. The summed E-state index contributed by atoms with van der Waals surface area (Å²) in [7, 11) is 0. The third-order valence-electron chi connectivity index (χ3n) is 6.20. The number of alkyl halides is 3. The molecule has 0 unspecified atom stereocenters. The van der Waals surface area contributed by atoms with Gasteiger partial charge in [-0.3, -0.25) is 0 Å². The molecule has 2 N–H and O–H groups in total. The standard InChI is InChI=1S/C22H19ClF3N7/c23-18-17-16(14(10-29-18)11-1-2-11)21(33-7-5-27-6-8-33)32-20(31-17)12-3-4-28-19-13(12)9-15(30-19)22(24,25)26/h3-4,9-11,27H,1-2,5-8H2,(H,28,30). The maximum atomic E-state index is 13.3. The minimum absolute atomic E-state index is 0.128. The van der Waals surface area contributed by atoms with Crippen molar-refractivity contribution in [2.75, 3.05) is 31.1 Å². The highest BCUT2D eigenvalue weighted by atomic mass is 35.5. The van der Waals surface area contributed by atoms with E-state index in [1.54, 1.807) is 6.07 Å². The fourth-order valence-corrected chi connectivity index (χ4v) is 4.61. The molecule has 6 rings (SSSR count).